The Morgan fingerprint density at radius 1 is 1.44 bits per heavy atom. The van der Waals surface area contributed by atoms with Crippen molar-refractivity contribution in [3.8, 4) is 0 Å². The van der Waals surface area contributed by atoms with Gasteiger partial charge in [-0.05, 0) is 43.0 Å². The van der Waals surface area contributed by atoms with Crippen LogP contribution in [0, 0.1) is 0 Å². The molecule has 3 rings (SSSR count). The van der Waals surface area contributed by atoms with Crippen molar-refractivity contribution < 1.29 is 5.11 Å². The lowest BCUT2D eigenvalue weighted by atomic mass is 9.95. The molecule has 1 atom stereocenters. The van der Waals surface area contributed by atoms with Crippen molar-refractivity contribution in [2.45, 2.75) is 25.4 Å². The smallest absolute Gasteiger partial charge is 0.137 e. The number of nitrogens with one attached hydrogen (secondary N) is 1. The lowest BCUT2D eigenvalue weighted by Gasteiger charge is -2.16. The van der Waals surface area contributed by atoms with Crippen LogP contribution >= 0.6 is 0 Å². The zero-order chi connectivity index (χ0) is 11.0. The van der Waals surface area contributed by atoms with Crippen LogP contribution in [0.15, 0.2) is 30.5 Å². The van der Waals surface area contributed by atoms with Gasteiger partial charge in [0, 0.05) is 17.3 Å². The molecular formula is C13H14N2O. The number of hydrogen-bond acceptors (Lipinski definition) is 2. The van der Waals surface area contributed by atoms with Crippen LogP contribution in [0.25, 0.3) is 16.6 Å². The Kier molecular flexibility index (Phi) is 2.26. The number of aromatic nitrogens is 2. The molecule has 0 amide bonds. The Hall–Kier alpha value is -1.61. The summed E-state index contributed by atoms with van der Waals surface area (Å²) >= 11 is 0. The lowest BCUT2D eigenvalue weighted by molar-refractivity contribution is 0.166. The molecule has 0 saturated heterocycles. The van der Waals surface area contributed by atoms with Gasteiger partial charge in [-0.25, -0.2) is 4.98 Å². The molecule has 0 spiro atoms. The maximum absolute atomic E-state index is 9.45. The minimum atomic E-state index is -0.161. The average Bonchev–Trinajstić information content (AvgIpc) is 2.73. The summed E-state index contributed by atoms with van der Waals surface area (Å²) < 4.78 is 0. The van der Waals surface area contributed by atoms with Gasteiger partial charge in [0.15, 0.2) is 0 Å². The number of allylic oxidation sites excluding steroid dienone is 1. The van der Waals surface area contributed by atoms with E-state index in [2.05, 4.69) is 28.2 Å². The van der Waals surface area contributed by atoms with Crippen LogP contribution in [0.1, 0.15) is 25.0 Å². The Bertz CT molecular complexity index is 509. The Balaban J connectivity index is 2.00. The first kappa shape index (κ1) is 9.60. The summed E-state index contributed by atoms with van der Waals surface area (Å²) in [4.78, 5) is 7.60. The second-order valence-electron chi connectivity index (χ2n) is 4.28. The molecule has 0 fully saturated rings. The van der Waals surface area contributed by atoms with E-state index in [4.69, 9.17) is 0 Å². The lowest BCUT2D eigenvalue weighted by Crippen LogP contribution is -2.09. The van der Waals surface area contributed by atoms with E-state index in [1.54, 1.807) is 6.20 Å². The fraction of sp³-hybridized carbons (Fsp3) is 0.308. The first-order valence-electron chi connectivity index (χ1n) is 5.64. The molecule has 1 aliphatic rings. The predicted octanol–water partition coefficient (Wildman–Crippen LogP) is 2.49. The van der Waals surface area contributed by atoms with Crippen LogP contribution in [0.4, 0.5) is 0 Å². The molecule has 16 heavy (non-hydrogen) atoms. The highest BCUT2D eigenvalue weighted by Crippen LogP contribution is 2.28. The first-order chi connectivity index (χ1) is 7.83. The minimum absolute atomic E-state index is 0.161. The van der Waals surface area contributed by atoms with E-state index in [-0.39, 0.29) is 6.10 Å². The summed E-state index contributed by atoms with van der Waals surface area (Å²) in [6.07, 6.45) is 6.31. The second kappa shape index (κ2) is 3.76. The van der Waals surface area contributed by atoms with Gasteiger partial charge in [0.2, 0.25) is 0 Å². The highest BCUT2D eigenvalue weighted by Gasteiger charge is 2.14. The third kappa shape index (κ3) is 1.63. The normalized spacial score (nSPS) is 21.1. The van der Waals surface area contributed by atoms with E-state index >= 15 is 0 Å². The van der Waals surface area contributed by atoms with Crippen LogP contribution in [-0.4, -0.2) is 21.2 Å². The SMILES string of the molecule is OC1CC=C(c2cc3cccnc3[nH]2)CC1. The van der Waals surface area contributed by atoms with E-state index in [1.807, 2.05) is 6.07 Å². The molecule has 1 aliphatic carbocycles. The Labute approximate surface area is 93.8 Å². The summed E-state index contributed by atoms with van der Waals surface area (Å²) in [6.45, 7) is 0. The first-order valence-corrected chi connectivity index (χ1v) is 5.64. The molecule has 2 aromatic rings. The summed E-state index contributed by atoms with van der Waals surface area (Å²) in [5.74, 6) is 0. The third-order valence-corrected chi connectivity index (χ3v) is 3.12. The van der Waals surface area contributed by atoms with Gasteiger partial charge < -0.3 is 10.1 Å². The van der Waals surface area contributed by atoms with Crippen molar-refractivity contribution in [1.82, 2.24) is 9.97 Å². The molecular weight excluding hydrogens is 200 g/mol. The molecule has 0 aromatic carbocycles. The van der Waals surface area contributed by atoms with Gasteiger partial charge in [-0.15, -0.1) is 0 Å². The summed E-state index contributed by atoms with van der Waals surface area (Å²) in [5, 5.41) is 10.6. The molecule has 1 unspecified atom stereocenters. The number of nitrogens with zero attached hydrogens (tertiary/aromatic N) is 1. The van der Waals surface area contributed by atoms with Crippen LogP contribution in [0.2, 0.25) is 0 Å². The topological polar surface area (TPSA) is 48.9 Å². The summed E-state index contributed by atoms with van der Waals surface area (Å²) in [7, 11) is 0. The number of aromatic amines is 1. The van der Waals surface area contributed by atoms with Crippen LogP contribution in [0.5, 0.6) is 0 Å². The van der Waals surface area contributed by atoms with Crippen molar-refractivity contribution in [3.05, 3.63) is 36.2 Å². The number of aliphatic hydroxyl groups is 1. The van der Waals surface area contributed by atoms with Gasteiger partial charge in [0.25, 0.3) is 0 Å². The van der Waals surface area contributed by atoms with Crippen molar-refractivity contribution >= 4 is 16.6 Å². The zero-order valence-electron chi connectivity index (χ0n) is 8.98. The van der Waals surface area contributed by atoms with Crippen molar-refractivity contribution in [1.29, 1.82) is 0 Å². The monoisotopic (exact) mass is 214 g/mol. The molecule has 0 bridgehead atoms. The largest absolute Gasteiger partial charge is 0.393 e. The van der Waals surface area contributed by atoms with Gasteiger partial charge in [-0.2, -0.15) is 0 Å². The van der Waals surface area contributed by atoms with Gasteiger partial charge >= 0.3 is 0 Å². The number of fused-ring (bicyclic) bond motifs is 1. The highest BCUT2D eigenvalue weighted by atomic mass is 16.3. The second-order valence-corrected chi connectivity index (χ2v) is 4.28. The zero-order valence-corrected chi connectivity index (χ0v) is 8.98. The number of H-pyrrole nitrogens is 1. The Morgan fingerprint density at radius 3 is 3.12 bits per heavy atom. The third-order valence-electron chi connectivity index (χ3n) is 3.12. The molecule has 2 aromatic heterocycles. The summed E-state index contributed by atoms with van der Waals surface area (Å²) in [6, 6.07) is 6.13. The maximum atomic E-state index is 9.45. The van der Waals surface area contributed by atoms with Crippen molar-refractivity contribution in [2.75, 3.05) is 0 Å². The van der Waals surface area contributed by atoms with Crippen molar-refractivity contribution in [3.63, 3.8) is 0 Å². The van der Waals surface area contributed by atoms with E-state index in [0.29, 0.717) is 0 Å². The average molecular weight is 214 g/mol. The summed E-state index contributed by atoms with van der Waals surface area (Å²) in [5.41, 5.74) is 3.37. The molecule has 3 nitrogen and oxygen atoms in total. The van der Waals surface area contributed by atoms with E-state index in [9.17, 15) is 5.11 Å². The van der Waals surface area contributed by atoms with E-state index in [0.717, 1.165) is 36.0 Å². The maximum Gasteiger partial charge on any atom is 0.137 e. The molecule has 2 heterocycles. The van der Waals surface area contributed by atoms with Gasteiger partial charge in [-0.1, -0.05) is 6.08 Å². The molecule has 2 N–H and O–H groups in total. The highest BCUT2D eigenvalue weighted by molar-refractivity contribution is 5.81. The predicted molar refractivity (Wildman–Crippen MR) is 63.9 cm³/mol. The minimum Gasteiger partial charge on any atom is -0.393 e. The quantitative estimate of drug-likeness (QED) is 0.766. The van der Waals surface area contributed by atoms with Crippen LogP contribution in [-0.2, 0) is 0 Å². The number of hydrogen-bond donors (Lipinski definition) is 2. The van der Waals surface area contributed by atoms with Gasteiger partial charge in [0.05, 0.1) is 6.10 Å². The van der Waals surface area contributed by atoms with Gasteiger partial charge in [0.1, 0.15) is 5.65 Å². The number of pyridine rings is 1. The molecule has 0 radical (unpaired) electrons. The standard InChI is InChI=1S/C13H14N2O/c16-11-5-3-9(4-6-11)12-8-10-2-1-7-14-13(10)15-12/h1-3,7-8,11,16H,4-6H2,(H,14,15). The fourth-order valence-electron chi connectivity index (χ4n) is 2.20. The molecule has 3 heteroatoms. The molecule has 0 aliphatic heterocycles. The van der Waals surface area contributed by atoms with Crippen LogP contribution < -0.4 is 0 Å². The van der Waals surface area contributed by atoms with Crippen molar-refractivity contribution in [2.24, 2.45) is 0 Å². The van der Waals surface area contributed by atoms with E-state index in [1.165, 1.54) is 5.57 Å². The van der Waals surface area contributed by atoms with E-state index < -0.39 is 0 Å². The van der Waals surface area contributed by atoms with Gasteiger partial charge in [-0.3, -0.25) is 0 Å². The number of aliphatic hydroxyl groups excluding tert-OH is 1. The number of rotatable bonds is 1. The molecule has 0 saturated carbocycles. The van der Waals surface area contributed by atoms with Crippen LogP contribution in [0.3, 0.4) is 0 Å². The Morgan fingerprint density at radius 2 is 2.38 bits per heavy atom. The fourth-order valence-corrected chi connectivity index (χ4v) is 2.20. The molecule has 82 valence electrons.